The molecule has 6 nitrogen and oxygen atoms in total. The minimum atomic E-state index is -0.465. The van der Waals surface area contributed by atoms with Gasteiger partial charge in [0.2, 0.25) is 5.91 Å². The molecule has 6 heteroatoms. The van der Waals surface area contributed by atoms with Crippen molar-refractivity contribution in [1.82, 2.24) is 16.0 Å². The highest BCUT2D eigenvalue weighted by Crippen LogP contribution is 2.17. The molecule has 0 heterocycles. The van der Waals surface area contributed by atoms with E-state index in [-0.39, 0.29) is 24.1 Å². The van der Waals surface area contributed by atoms with Crippen molar-refractivity contribution in [3.8, 4) is 0 Å². The van der Waals surface area contributed by atoms with E-state index in [0.29, 0.717) is 24.2 Å². The Morgan fingerprint density at radius 1 is 0.613 bits per heavy atom. The Labute approximate surface area is 181 Å². The molecule has 3 N–H and O–H groups in total. The van der Waals surface area contributed by atoms with E-state index in [4.69, 9.17) is 0 Å². The smallest absolute Gasteiger partial charge is 0.251 e. The van der Waals surface area contributed by atoms with Gasteiger partial charge in [-0.25, -0.2) is 0 Å². The molecule has 0 saturated carbocycles. The van der Waals surface area contributed by atoms with E-state index >= 15 is 0 Å². The molecule has 158 valence electrons. The maximum absolute atomic E-state index is 12.6. The van der Waals surface area contributed by atoms with Crippen molar-refractivity contribution in [2.24, 2.45) is 0 Å². The molecule has 0 spiro atoms. The maximum Gasteiger partial charge on any atom is 0.251 e. The monoisotopic (exact) mass is 415 g/mol. The Bertz CT molecular complexity index is 992. The minimum absolute atomic E-state index is 0.0925. The molecule has 3 amide bonds. The van der Waals surface area contributed by atoms with E-state index in [2.05, 4.69) is 16.0 Å². The van der Waals surface area contributed by atoms with E-state index in [1.165, 1.54) is 0 Å². The molecule has 1 atom stereocenters. The lowest BCUT2D eigenvalue weighted by Crippen LogP contribution is -2.37. The second kappa shape index (κ2) is 11.3. The molecule has 0 bridgehead atoms. The van der Waals surface area contributed by atoms with Crippen molar-refractivity contribution in [2.45, 2.75) is 12.5 Å². The van der Waals surface area contributed by atoms with Crippen LogP contribution in [-0.2, 0) is 4.79 Å². The third-order valence-corrected chi connectivity index (χ3v) is 4.70. The van der Waals surface area contributed by atoms with Crippen molar-refractivity contribution in [2.75, 3.05) is 13.1 Å². The standard InChI is InChI=1S/C25H25N3O3/c29-23(26-16-17-27-24(30)20-12-6-2-7-13-20)18-22(19-10-4-1-5-11-19)28-25(31)21-14-8-3-9-15-21/h1-15,22H,16-18H2,(H,26,29)(H,27,30)(H,28,31). The molecule has 3 rings (SSSR count). The molecule has 0 saturated heterocycles. The molecule has 3 aromatic carbocycles. The summed E-state index contributed by atoms with van der Waals surface area (Å²) in [6.45, 7) is 0.609. The van der Waals surface area contributed by atoms with Crippen LogP contribution in [0, 0.1) is 0 Å². The summed E-state index contributed by atoms with van der Waals surface area (Å²) >= 11 is 0. The fourth-order valence-corrected chi connectivity index (χ4v) is 3.10. The maximum atomic E-state index is 12.6. The van der Waals surface area contributed by atoms with Crippen molar-refractivity contribution < 1.29 is 14.4 Å². The molecule has 0 aliphatic rings. The highest BCUT2D eigenvalue weighted by atomic mass is 16.2. The van der Waals surface area contributed by atoms with Crippen LogP contribution in [0.25, 0.3) is 0 Å². The van der Waals surface area contributed by atoms with Crippen molar-refractivity contribution in [3.63, 3.8) is 0 Å². The van der Waals surface area contributed by atoms with Crippen LogP contribution in [0.4, 0.5) is 0 Å². The van der Waals surface area contributed by atoms with Gasteiger partial charge >= 0.3 is 0 Å². The summed E-state index contributed by atoms with van der Waals surface area (Å²) in [6, 6.07) is 26.7. The second-order valence-corrected chi connectivity index (χ2v) is 6.98. The molecular weight excluding hydrogens is 390 g/mol. The fourth-order valence-electron chi connectivity index (χ4n) is 3.10. The van der Waals surface area contributed by atoms with E-state index in [1.807, 2.05) is 42.5 Å². The van der Waals surface area contributed by atoms with Gasteiger partial charge in [-0.1, -0.05) is 66.7 Å². The van der Waals surface area contributed by atoms with Crippen LogP contribution in [-0.4, -0.2) is 30.8 Å². The fraction of sp³-hybridized carbons (Fsp3) is 0.160. The molecule has 1 unspecified atom stereocenters. The minimum Gasteiger partial charge on any atom is -0.354 e. The van der Waals surface area contributed by atoms with Crippen LogP contribution in [0.5, 0.6) is 0 Å². The average Bonchev–Trinajstić information content (AvgIpc) is 2.83. The number of carbonyl (C=O) groups is 3. The molecule has 0 aliphatic heterocycles. The number of rotatable bonds is 9. The summed E-state index contributed by atoms with van der Waals surface area (Å²) < 4.78 is 0. The third kappa shape index (κ3) is 6.82. The van der Waals surface area contributed by atoms with Crippen molar-refractivity contribution >= 4 is 17.7 Å². The van der Waals surface area contributed by atoms with Gasteiger partial charge in [0.1, 0.15) is 0 Å². The van der Waals surface area contributed by atoms with Crippen LogP contribution in [0.1, 0.15) is 38.7 Å². The number of benzene rings is 3. The highest BCUT2D eigenvalue weighted by Gasteiger charge is 2.19. The molecule has 3 aromatic rings. The third-order valence-electron chi connectivity index (χ3n) is 4.70. The van der Waals surface area contributed by atoms with Crippen LogP contribution < -0.4 is 16.0 Å². The van der Waals surface area contributed by atoms with Gasteiger partial charge in [0, 0.05) is 24.2 Å². The quantitative estimate of drug-likeness (QED) is 0.470. The normalized spacial score (nSPS) is 11.2. The first-order valence-corrected chi connectivity index (χ1v) is 10.1. The zero-order valence-electron chi connectivity index (χ0n) is 17.1. The Morgan fingerprint density at radius 3 is 1.68 bits per heavy atom. The highest BCUT2D eigenvalue weighted by molar-refractivity contribution is 5.95. The summed E-state index contributed by atoms with van der Waals surface area (Å²) in [5.41, 5.74) is 1.95. The summed E-state index contributed by atoms with van der Waals surface area (Å²) in [6.07, 6.45) is 0.0925. The number of hydrogen-bond donors (Lipinski definition) is 3. The Balaban J connectivity index is 1.52. The second-order valence-electron chi connectivity index (χ2n) is 6.98. The average molecular weight is 415 g/mol. The first kappa shape index (κ1) is 21.8. The van der Waals surface area contributed by atoms with Crippen molar-refractivity contribution in [1.29, 1.82) is 0 Å². The summed E-state index contributed by atoms with van der Waals surface area (Å²) in [7, 11) is 0. The van der Waals surface area contributed by atoms with E-state index < -0.39 is 6.04 Å². The van der Waals surface area contributed by atoms with Gasteiger partial charge < -0.3 is 16.0 Å². The Kier molecular flexibility index (Phi) is 7.94. The molecule has 0 fully saturated rings. The Hall–Kier alpha value is -3.93. The molecule has 0 aromatic heterocycles. The molecule has 31 heavy (non-hydrogen) atoms. The summed E-state index contributed by atoms with van der Waals surface area (Å²) in [4.78, 5) is 37.1. The van der Waals surface area contributed by atoms with E-state index in [1.54, 1.807) is 48.5 Å². The largest absolute Gasteiger partial charge is 0.354 e. The van der Waals surface area contributed by atoms with Gasteiger partial charge in [0.15, 0.2) is 0 Å². The van der Waals surface area contributed by atoms with Crippen LogP contribution in [0.15, 0.2) is 91.0 Å². The number of carbonyl (C=O) groups excluding carboxylic acids is 3. The van der Waals surface area contributed by atoms with E-state index in [0.717, 1.165) is 5.56 Å². The van der Waals surface area contributed by atoms with Crippen LogP contribution in [0.2, 0.25) is 0 Å². The van der Waals surface area contributed by atoms with Gasteiger partial charge in [-0.05, 0) is 29.8 Å². The predicted octanol–water partition coefficient (Wildman–Crippen LogP) is 3.09. The molecule has 0 radical (unpaired) electrons. The topological polar surface area (TPSA) is 87.3 Å². The number of hydrogen-bond acceptors (Lipinski definition) is 3. The lowest BCUT2D eigenvalue weighted by Gasteiger charge is -2.19. The van der Waals surface area contributed by atoms with Crippen molar-refractivity contribution in [3.05, 3.63) is 108 Å². The molecule has 0 aliphatic carbocycles. The van der Waals surface area contributed by atoms with Gasteiger partial charge in [-0.15, -0.1) is 0 Å². The SMILES string of the molecule is O=C(CC(NC(=O)c1ccccc1)c1ccccc1)NCCNC(=O)c1ccccc1. The van der Waals surface area contributed by atoms with Gasteiger partial charge in [-0.3, -0.25) is 14.4 Å². The zero-order valence-corrected chi connectivity index (χ0v) is 17.1. The molecular formula is C25H25N3O3. The lowest BCUT2D eigenvalue weighted by molar-refractivity contribution is -0.121. The van der Waals surface area contributed by atoms with Gasteiger partial charge in [0.05, 0.1) is 12.5 Å². The lowest BCUT2D eigenvalue weighted by atomic mass is 10.0. The van der Waals surface area contributed by atoms with E-state index in [9.17, 15) is 14.4 Å². The Morgan fingerprint density at radius 2 is 1.10 bits per heavy atom. The number of amides is 3. The summed E-state index contributed by atoms with van der Waals surface area (Å²) in [5, 5.41) is 8.51. The van der Waals surface area contributed by atoms with Crippen LogP contribution in [0.3, 0.4) is 0 Å². The predicted molar refractivity (Wildman–Crippen MR) is 119 cm³/mol. The number of nitrogens with one attached hydrogen (secondary N) is 3. The van der Waals surface area contributed by atoms with Gasteiger partial charge in [0.25, 0.3) is 11.8 Å². The first-order chi connectivity index (χ1) is 15.1. The van der Waals surface area contributed by atoms with Crippen LogP contribution >= 0.6 is 0 Å². The first-order valence-electron chi connectivity index (χ1n) is 10.1. The van der Waals surface area contributed by atoms with Gasteiger partial charge in [-0.2, -0.15) is 0 Å². The zero-order chi connectivity index (χ0) is 21.9. The summed E-state index contributed by atoms with van der Waals surface area (Å²) in [5.74, 6) is -0.638.